The molecular formula is C20H24ClN7O. The Morgan fingerprint density at radius 2 is 2.28 bits per heavy atom. The van der Waals surface area contributed by atoms with Crippen LogP contribution in [0.4, 0.5) is 10.6 Å². The molecular weight excluding hydrogens is 390 g/mol. The Hall–Kier alpha value is -2.87. The number of likely N-dealkylation sites (N-methyl/N-ethyl adjacent to an activating group) is 1. The Morgan fingerprint density at radius 1 is 1.41 bits per heavy atom. The molecule has 1 aromatic carbocycles. The number of nitrogens with one attached hydrogen (secondary N) is 2. The first kappa shape index (κ1) is 19.4. The second-order valence-corrected chi connectivity index (χ2v) is 7.81. The molecule has 1 aliphatic rings. The largest absolute Gasteiger partial charge is 0.353 e. The minimum Gasteiger partial charge on any atom is -0.353 e. The lowest BCUT2D eigenvalue weighted by Gasteiger charge is -2.38. The van der Waals surface area contributed by atoms with Crippen LogP contribution >= 0.6 is 11.6 Å². The molecule has 0 unspecified atom stereocenters. The first-order valence-corrected chi connectivity index (χ1v) is 10.1. The fraction of sp³-hybridized carbons (Fsp3) is 0.400. The van der Waals surface area contributed by atoms with E-state index in [0.29, 0.717) is 17.8 Å². The van der Waals surface area contributed by atoms with Gasteiger partial charge in [0.1, 0.15) is 5.82 Å². The average molecular weight is 414 g/mol. The molecule has 0 radical (unpaired) electrons. The smallest absolute Gasteiger partial charge is 0.317 e. The van der Waals surface area contributed by atoms with Crippen molar-refractivity contribution in [3.05, 3.63) is 46.9 Å². The number of anilines is 1. The van der Waals surface area contributed by atoms with Crippen LogP contribution in [0, 0.1) is 6.92 Å². The zero-order valence-corrected chi connectivity index (χ0v) is 17.3. The highest BCUT2D eigenvalue weighted by Gasteiger charge is 2.27. The molecule has 3 heterocycles. The first-order chi connectivity index (χ1) is 14.0. The number of hydrogen-bond acceptors (Lipinski definition) is 5. The molecule has 1 saturated heterocycles. The highest BCUT2D eigenvalue weighted by Crippen LogP contribution is 2.21. The molecule has 1 atom stereocenters. The normalized spacial score (nSPS) is 16.8. The fourth-order valence-corrected chi connectivity index (χ4v) is 3.75. The van der Waals surface area contributed by atoms with Crippen molar-refractivity contribution < 1.29 is 4.79 Å². The Balaban J connectivity index is 1.37. The van der Waals surface area contributed by atoms with E-state index in [1.807, 2.05) is 32.2 Å². The number of aryl methyl sites for hydroxylation is 1. The van der Waals surface area contributed by atoms with Gasteiger partial charge in [-0.3, -0.25) is 0 Å². The molecule has 4 rings (SSSR count). The molecule has 3 aromatic rings. The van der Waals surface area contributed by atoms with Crippen LogP contribution in [0.5, 0.6) is 0 Å². The van der Waals surface area contributed by atoms with Crippen LogP contribution in [0.3, 0.4) is 0 Å². The number of fused-ring (bicyclic) bond motifs is 1. The van der Waals surface area contributed by atoms with Crippen molar-refractivity contribution in [2.75, 3.05) is 25.0 Å². The highest BCUT2D eigenvalue weighted by atomic mass is 35.5. The molecule has 0 saturated carbocycles. The number of piperidine rings is 1. The summed E-state index contributed by atoms with van der Waals surface area (Å²) < 4.78 is 0. The summed E-state index contributed by atoms with van der Waals surface area (Å²) in [6, 6.07) is 5.81. The number of benzene rings is 1. The van der Waals surface area contributed by atoms with Crippen LogP contribution < -0.4 is 10.2 Å². The zero-order valence-electron chi connectivity index (χ0n) is 16.5. The number of hydrogen-bond donors (Lipinski definition) is 2. The number of nitrogens with zero attached hydrogens (tertiary/aromatic N) is 5. The molecule has 1 aliphatic heterocycles. The summed E-state index contributed by atoms with van der Waals surface area (Å²) in [6.07, 6.45) is 5.28. The Morgan fingerprint density at radius 3 is 3.10 bits per heavy atom. The summed E-state index contributed by atoms with van der Waals surface area (Å²) in [5.41, 5.74) is 3.32. The lowest BCUT2D eigenvalue weighted by molar-refractivity contribution is 0.182. The standard InChI is InChI=1S/C20H24ClN7O/c1-13-8-14(5-6-16(13)21)9-23-20(29)27(2)15-4-3-7-28(11-15)17-10-22-18-19(26-17)25-12-24-18/h5-6,8,10,12,15H,3-4,7,9,11H2,1-2H3,(H,23,29)(H,22,24,25,26)/t15-/m1/s1. The maximum Gasteiger partial charge on any atom is 0.317 e. The average Bonchev–Trinajstić information content (AvgIpc) is 3.22. The van der Waals surface area contributed by atoms with E-state index in [-0.39, 0.29) is 12.1 Å². The van der Waals surface area contributed by atoms with E-state index >= 15 is 0 Å². The van der Waals surface area contributed by atoms with Gasteiger partial charge in [-0.2, -0.15) is 0 Å². The van der Waals surface area contributed by atoms with Crippen LogP contribution in [-0.4, -0.2) is 57.0 Å². The summed E-state index contributed by atoms with van der Waals surface area (Å²) >= 11 is 6.07. The predicted octanol–water partition coefficient (Wildman–Crippen LogP) is 3.13. The lowest BCUT2D eigenvalue weighted by atomic mass is 10.0. The number of imidazole rings is 1. The number of halogens is 1. The van der Waals surface area contributed by atoms with E-state index in [9.17, 15) is 4.79 Å². The molecule has 1 fully saturated rings. The third kappa shape index (κ3) is 4.27. The van der Waals surface area contributed by atoms with Crippen molar-refractivity contribution in [2.24, 2.45) is 0 Å². The van der Waals surface area contributed by atoms with E-state index < -0.39 is 0 Å². The third-order valence-corrected chi connectivity index (χ3v) is 5.81. The van der Waals surface area contributed by atoms with Crippen molar-refractivity contribution in [3.8, 4) is 0 Å². The second kappa shape index (κ2) is 8.24. The van der Waals surface area contributed by atoms with E-state index in [1.165, 1.54) is 0 Å². The molecule has 2 amide bonds. The van der Waals surface area contributed by atoms with Gasteiger partial charge in [-0.05, 0) is 37.0 Å². The van der Waals surface area contributed by atoms with Crippen LogP contribution in [0.2, 0.25) is 5.02 Å². The second-order valence-electron chi connectivity index (χ2n) is 7.40. The third-order valence-electron chi connectivity index (χ3n) is 5.38. The minimum absolute atomic E-state index is 0.0837. The van der Waals surface area contributed by atoms with Crippen molar-refractivity contribution in [2.45, 2.75) is 32.4 Å². The summed E-state index contributed by atoms with van der Waals surface area (Å²) in [5, 5.41) is 3.73. The number of carbonyl (C=O) groups is 1. The maximum atomic E-state index is 12.7. The van der Waals surface area contributed by atoms with E-state index in [0.717, 1.165) is 47.9 Å². The number of H-pyrrole nitrogens is 1. The molecule has 9 heteroatoms. The van der Waals surface area contributed by atoms with Gasteiger partial charge in [0.05, 0.1) is 18.6 Å². The Labute approximate surface area is 174 Å². The van der Waals surface area contributed by atoms with E-state index in [1.54, 1.807) is 17.4 Å². The van der Waals surface area contributed by atoms with Crippen LogP contribution in [0.25, 0.3) is 11.3 Å². The van der Waals surface area contributed by atoms with Gasteiger partial charge in [-0.1, -0.05) is 23.7 Å². The number of aromatic nitrogens is 4. The molecule has 0 spiro atoms. The number of carbonyl (C=O) groups excluding carboxylic acids is 1. The van der Waals surface area contributed by atoms with Crippen molar-refractivity contribution in [3.63, 3.8) is 0 Å². The molecule has 0 bridgehead atoms. The van der Waals surface area contributed by atoms with Gasteiger partial charge >= 0.3 is 6.03 Å². The number of rotatable bonds is 4. The number of urea groups is 1. The first-order valence-electron chi connectivity index (χ1n) is 9.68. The van der Waals surface area contributed by atoms with Crippen LogP contribution in [0.15, 0.2) is 30.7 Å². The molecule has 8 nitrogen and oxygen atoms in total. The summed E-state index contributed by atoms with van der Waals surface area (Å²) in [6.45, 7) is 4.04. The van der Waals surface area contributed by atoms with Crippen LogP contribution in [0.1, 0.15) is 24.0 Å². The van der Waals surface area contributed by atoms with Gasteiger partial charge < -0.3 is 20.1 Å². The predicted molar refractivity (Wildman–Crippen MR) is 113 cm³/mol. The lowest BCUT2D eigenvalue weighted by Crippen LogP contribution is -2.51. The number of amides is 2. The maximum absolute atomic E-state index is 12.7. The summed E-state index contributed by atoms with van der Waals surface area (Å²) in [7, 11) is 1.85. The van der Waals surface area contributed by atoms with Crippen molar-refractivity contribution in [1.82, 2.24) is 30.2 Å². The summed E-state index contributed by atoms with van der Waals surface area (Å²) in [5.74, 6) is 0.803. The van der Waals surface area contributed by atoms with Gasteiger partial charge in [0.2, 0.25) is 0 Å². The van der Waals surface area contributed by atoms with E-state index in [2.05, 4.69) is 30.2 Å². The molecule has 2 N–H and O–H groups in total. The molecule has 0 aliphatic carbocycles. The van der Waals surface area contributed by atoms with E-state index in [4.69, 9.17) is 11.6 Å². The monoisotopic (exact) mass is 413 g/mol. The molecule has 152 valence electrons. The number of aromatic amines is 1. The van der Waals surface area contributed by atoms with Gasteiger partial charge in [-0.25, -0.2) is 19.7 Å². The van der Waals surface area contributed by atoms with Gasteiger partial charge in [-0.15, -0.1) is 0 Å². The Bertz CT molecular complexity index is 1020. The SMILES string of the molecule is Cc1cc(CNC(=O)N(C)[C@@H]2CCCN(c3cnc4nc[nH]c4n3)C2)ccc1Cl. The van der Waals surface area contributed by atoms with Crippen LogP contribution in [-0.2, 0) is 6.54 Å². The molecule has 29 heavy (non-hydrogen) atoms. The van der Waals surface area contributed by atoms with Gasteiger partial charge in [0.25, 0.3) is 0 Å². The van der Waals surface area contributed by atoms with Crippen molar-refractivity contribution >= 4 is 34.7 Å². The topological polar surface area (TPSA) is 90.0 Å². The molecule has 2 aromatic heterocycles. The highest BCUT2D eigenvalue weighted by molar-refractivity contribution is 6.31. The minimum atomic E-state index is -0.0837. The summed E-state index contributed by atoms with van der Waals surface area (Å²) in [4.78, 5) is 32.7. The Kier molecular flexibility index (Phi) is 5.53. The van der Waals surface area contributed by atoms with Gasteiger partial charge in [0.15, 0.2) is 11.3 Å². The quantitative estimate of drug-likeness (QED) is 0.685. The fourth-order valence-electron chi connectivity index (χ4n) is 3.64. The van der Waals surface area contributed by atoms with Crippen molar-refractivity contribution in [1.29, 1.82) is 0 Å². The van der Waals surface area contributed by atoms with Gasteiger partial charge in [0, 0.05) is 31.7 Å². The zero-order chi connectivity index (χ0) is 20.4.